The third-order valence-corrected chi connectivity index (χ3v) is 3.65. The monoisotopic (exact) mass is 307 g/mol. The number of nitrogens with two attached hydrogens (primary N) is 1. The lowest BCUT2D eigenvalue weighted by Gasteiger charge is -2.19. The van der Waals surface area contributed by atoms with Gasteiger partial charge in [-0.05, 0) is 40.7 Å². The summed E-state index contributed by atoms with van der Waals surface area (Å²) in [5.74, 6) is -0.150. The minimum atomic E-state index is -2.32. The maximum Gasteiger partial charge on any atom is 0.259 e. The molecule has 0 aliphatic carbocycles. The maximum absolute atomic E-state index is 11.8. The van der Waals surface area contributed by atoms with E-state index in [9.17, 15) is 9.00 Å². The van der Waals surface area contributed by atoms with Gasteiger partial charge in [-0.1, -0.05) is 27.7 Å². The van der Waals surface area contributed by atoms with E-state index in [2.05, 4.69) is 10.4 Å². The molecular weight excluding hydrogens is 286 g/mol. The summed E-state index contributed by atoms with van der Waals surface area (Å²) in [7, 11) is -2.32. The van der Waals surface area contributed by atoms with Crippen molar-refractivity contribution < 1.29 is 9.00 Å². The van der Waals surface area contributed by atoms with E-state index in [0.717, 1.165) is 16.7 Å². The highest BCUT2D eigenvalue weighted by molar-refractivity contribution is 7.72. The Labute approximate surface area is 127 Å². The number of carbonyl (C=O) groups excluding carboxylic acids is 1. The van der Waals surface area contributed by atoms with Crippen molar-refractivity contribution in [2.45, 2.75) is 46.0 Å². The predicted octanol–water partition coefficient (Wildman–Crippen LogP) is 2.41. The number of thiol groups is 1. The molecule has 1 aromatic rings. The van der Waals surface area contributed by atoms with Crippen LogP contribution in [0.4, 0.5) is 0 Å². The van der Waals surface area contributed by atoms with Gasteiger partial charge < -0.3 is 0 Å². The van der Waals surface area contributed by atoms with E-state index in [0.29, 0.717) is 5.56 Å². The lowest BCUT2D eigenvalue weighted by molar-refractivity contribution is -0.117. The number of amides is 1. The molecule has 0 aromatic heterocycles. The van der Waals surface area contributed by atoms with Crippen LogP contribution in [0, 0.1) is 11.3 Å². The molecule has 0 bridgehead atoms. The second-order valence-electron chi connectivity index (χ2n) is 5.53. The molecule has 1 aromatic carbocycles. The number of carbonyl (C=O) groups is 1. The highest BCUT2D eigenvalue weighted by Crippen LogP contribution is 2.30. The van der Waals surface area contributed by atoms with Crippen LogP contribution in [0.5, 0.6) is 0 Å². The Morgan fingerprint density at radius 3 is 2.10 bits per heavy atom. The molecule has 1 unspecified atom stereocenters. The van der Waals surface area contributed by atoms with Gasteiger partial charge in [0.1, 0.15) is 10.8 Å². The summed E-state index contributed by atoms with van der Waals surface area (Å²) in [6, 6.07) is 5.77. The Kier molecular flexibility index (Phi) is 6.06. The van der Waals surface area contributed by atoms with E-state index in [-0.39, 0.29) is 18.3 Å². The summed E-state index contributed by atoms with van der Waals surface area (Å²) < 4.78 is 14.3. The Bertz CT molecular complexity index is 637. The molecule has 1 atom stereocenters. The summed E-state index contributed by atoms with van der Waals surface area (Å²) in [4.78, 5) is 11.8. The van der Waals surface area contributed by atoms with Crippen molar-refractivity contribution >= 4 is 16.7 Å². The molecule has 0 saturated heterocycles. The number of hydrogen-bond donors (Lipinski definition) is 2. The SMILES string of the molecule is CC(C)c1cc(C#N)cc(C(C)C)c1CC(=O)/N=[SH](/N)=O. The van der Waals surface area contributed by atoms with Crippen molar-refractivity contribution in [1.29, 1.82) is 5.26 Å². The molecule has 114 valence electrons. The van der Waals surface area contributed by atoms with Gasteiger partial charge in [0.25, 0.3) is 5.91 Å². The van der Waals surface area contributed by atoms with E-state index in [1.54, 1.807) is 0 Å². The lowest BCUT2D eigenvalue weighted by atomic mass is 9.85. The Balaban J connectivity index is 3.46. The number of hydrogen-bond acceptors (Lipinski definition) is 3. The van der Waals surface area contributed by atoms with Crippen LogP contribution in [0.25, 0.3) is 0 Å². The van der Waals surface area contributed by atoms with Crippen molar-refractivity contribution in [3.63, 3.8) is 0 Å². The van der Waals surface area contributed by atoms with Crippen molar-refractivity contribution in [2.24, 2.45) is 9.50 Å². The van der Waals surface area contributed by atoms with Gasteiger partial charge in [0.05, 0.1) is 18.1 Å². The molecule has 1 rings (SSSR count). The first kappa shape index (κ1) is 17.3. The molecule has 0 fully saturated rings. The van der Waals surface area contributed by atoms with Crippen LogP contribution in [0.1, 0.15) is 61.8 Å². The summed E-state index contributed by atoms with van der Waals surface area (Å²) in [5.41, 5.74) is 3.35. The first-order chi connectivity index (χ1) is 9.76. The van der Waals surface area contributed by atoms with Gasteiger partial charge in [-0.25, -0.2) is 9.35 Å². The topological polar surface area (TPSA) is 96.3 Å². The van der Waals surface area contributed by atoms with Gasteiger partial charge >= 0.3 is 0 Å². The second kappa shape index (κ2) is 7.34. The highest BCUT2D eigenvalue weighted by Gasteiger charge is 2.18. The Hall–Kier alpha value is -1.71. The minimum Gasteiger partial charge on any atom is -0.272 e. The van der Waals surface area contributed by atoms with Gasteiger partial charge in [-0.3, -0.25) is 4.79 Å². The molecule has 0 radical (unpaired) electrons. The predicted molar refractivity (Wildman–Crippen MR) is 84.2 cm³/mol. The first-order valence-electron chi connectivity index (χ1n) is 6.79. The first-order valence-corrected chi connectivity index (χ1v) is 8.07. The van der Waals surface area contributed by atoms with Crippen LogP contribution < -0.4 is 5.14 Å². The van der Waals surface area contributed by atoms with Crippen LogP contribution in [0.2, 0.25) is 0 Å². The fourth-order valence-electron chi connectivity index (χ4n) is 2.31. The van der Waals surface area contributed by atoms with Crippen LogP contribution in [-0.4, -0.2) is 10.1 Å². The smallest absolute Gasteiger partial charge is 0.259 e. The number of rotatable bonds is 4. The lowest BCUT2D eigenvalue weighted by Crippen LogP contribution is -2.10. The Morgan fingerprint density at radius 2 is 1.76 bits per heavy atom. The van der Waals surface area contributed by atoms with Crippen LogP contribution >= 0.6 is 0 Å². The molecule has 0 aliphatic heterocycles. The molecule has 0 aliphatic rings. The van der Waals surface area contributed by atoms with Crippen LogP contribution in [-0.2, 0) is 22.0 Å². The molecule has 21 heavy (non-hydrogen) atoms. The van der Waals surface area contributed by atoms with Crippen LogP contribution in [0.3, 0.4) is 0 Å². The molecule has 6 heteroatoms. The van der Waals surface area contributed by atoms with Crippen LogP contribution in [0.15, 0.2) is 16.5 Å². The van der Waals surface area contributed by atoms with Gasteiger partial charge in [-0.15, -0.1) is 0 Å². The fraction of sp³-hybridized carbons (Fsp3) is 0.467. The molecule has 2 N–H and O–H groups in total. The molecule has 1 amide bonds. The van der Waals surface area contributed by atoms with Gasteiger partial charge in [-0.2, -0.15) is 9.62 Å². The average molecular weight is 307 g/mol. The maximum atomic E-state index is 11.8. The van der Waals surface area contributed by atoms with Gasteiger partial charge in [0.15, 0.2) is 0 Å². The van der Waals surface area contributed by atoms with Crippen molar-refractivity contribution in [1.82, 2.24) is 0 Å². The van der Waals surface area contributed by atoms with Crippen molar-refractivity contribution in [3.8, 4) is 6.07 Å². The molecule has 5 nitrogen and oxygen atoms in total. The zero-order valence-corrected chi connectivity index (χ0v) is 13.6. The van der Waals surface area contributed by atoms with E-state index in [1.165, 1.54) is 0 Å². The largest absolute Gasteiger partial charge is 0.272 e. The molecule has 0 spiro atoms. The third kappa shape index (κ3) is 4.66. The number of nitriles is 1. The zero-order chi connectivity index (χ0) is 16.2. The summed E-state index contributed by atoms with van der Waals surface area (Å²) >= 11 is 0. The zero-order valence-electron chi connectivity index (χ0n) is 12.8. The Morgan fingerprint density at radius 1 is 1.29 bits per heavy atom. The van der Waals surface area contributed by atoms with Gasteiger partial charge in [0, 0.05) is 0 Å². The molecule has 0 heterocycles. The molecular formula is C15H21N3O2S. The van der Waals surface area contributed by atoms with Crippen molar-refractivity contribution in [3.05, 3.63) is 34.4 Å². The molecule has 0 saturated carbocycles. The standard InChI is InChI=1S/C15H21N3O2S/c1-9(2)12-5-11(8-16)6-13(10(3)4)14(12)7-15(19)18-21(17)20/h5-6,9-10,21H,7H2,1-4H3,(H2,17,18,19,20). The second-order valence-corrected chi connectivity index (χ2v) is 6.33. The fourth-order valence-corrected chi connectivity index (χ4v) is 2.60. The van der Waals surface area contributed by atoms with Crippen molar-refractivity contribution in [2.75, 3.05) is 0 Å². The average Bonchev–Trinajstić information content (AvgIpc) is 2.37. The summed E-state index contributed by atoms with van der Waals surface area (Å²) in [6.45, 7) is 8.04. The summed E-state index contributed by atoms with van der Waals surface area (Å²) in [5, 5.41) is 14.2. The summed E-state index contributed by atoms with van der Waals surface area (Å²) in [6.07, 6.45) is 0.0605. The van der Waals surface area contributed by atoms with E-state index in [4.69, 9.17) is 10.4 Å². The number of nitrogens with zero attached hydrogens (tertiary/aromatic N) is 2. The van der Waals surface area contributed by atoms with E-state index < -0.39 is 16.7 Å². The quantitative estimate of drug-likeness (QED) is 0.836. The number of benzene rings is 1. The van der Waals surface area contributed by atoms with E-state index in [1.807, 2.05) is 39.8 Å². The minimum absolute atomic E-state index is 0.0605. The van der Waals surface area contributed by atoms with Gasteiger partial charge in [0.2, 0.25) is 0 Å². The van der Waals surface area contributed by atoms with E-state index >= 15 is 0 Å². The highest BCUT2D eigenvalue weighted by atomic mass is 32.2. The normalized spacial score (nSPS) is 12.7. The third-order valence-electron chi connectivity index (χ3n) is 3.23.